The number of rotatable bonds is 6. The highest BCUT2D eigenvalue weighted by atomic mass is 79.9. The Morgan fingerprint density at radius 2 is 1.52 bits per heavy atom. The topological polar surface area (TPSA) is 40.9 Å². The Morgan fingerprint density at radius 1 is 0.871 bits per heavy atom. The summed E-state index contributed by atoms with van der Waals surface area (Å²) in [5, 5.41) is 12.8. The molecule has 0 aliphatic rings. The summed E-state index contributed by atoms with van der Waals surface area (Å²) in [6, 6.07) is 31.3. The molecule has 0 aliphatic carbocycles. The Labute approximate surface area is 195 Å². The molecule has 0 amide bonds. The number of Topliss-reactive ketones (excluding diaryl/α,β-unsaturated/α-hetero) is 1. The molecule has 0 N–H and O–H groups in total. The van der Waals surface area contributed by atoms with Crippen LogP contribution in [0.5, 0.6) is 0 Å². The summed E-state index contributed by atoms with van der Waals surface area (Å²) in [4.78, 5) is 13.3. The standard InChI is InChI=1S/C27H19BrClNO/c28-23-11-7-19(8-12-23)25(26(17-30)20-9-13-24(29)14-10-20)16-27(31)22-6-5-18-3-1-2-4-21(18)15-22/h1-15,25-26H,16H2. The summed E-state index contributed by atoms with van der Waals surface area (Å²) >= 11 is 9.51. The van der Waals surface area contributed by atoms with Gasteiger partial charge in [-0.1, -0.05) is 88.2 Å². The van der Waals surface area contributed by atoms with Crippen molar-refractivity contribution in [3.8, 4) is 6.07 Å². The van der Waals surface area contributed by atoms with E-state index >= 15 is 0 Å². The van der Waals surface area contributed by atoms with Crippen molar-refractivity contribution in [2.24, 2.45) is 0 Å². The fourth-order valence-corrected chi connectivity index (χ4v) is 4.28. The first kappa shape index (κ1) is 21.3. The van der Waals surface area contributed by atoms with Gasteiger partial charge in [0.05, 0.1) is 12.0 Å². The van der Waals surface area contributed by atoms with E-state index in [1.807, 2.05) is 78.9 Å². The number of nitrogens with zero attached hydrogens (tertiary/aromatic N) is 1. The molecular formula is C27H19BrClNO. The van der Waals surface area contributed by atoms with E-state index in [2.05, 4.69) is 22.0 Å². The zero-order chi connectivity index (χ0) is 21.8. The number of carbonyl (C=O) groups excluding carboxylic acids is 1. The molecule has 2 unspecified atom stereocenters. The molecule has 0 aromatic heterocycles. The van der Waals surface area contributed by atoms with Gasteiger partial charge < -0.3 is 0 Å². The minimum Gasteiger partial charge on any atom is -0.294 e. The number of hydrogen-bond donors (Lipinski definition) is 0. The van der Waals surface area contributed by atoms with Crippen molar-refractivity contribution in [1.29, 1.82) is 5.26 Å². The lowest BCUT2D eigenvalue weighted by molar-refractivity contribution is 0.0972. The van der Waals surface area contributed by atoms with Crippen LogP contribution in [0.1, 0.15) is 39.7 Å². The lowest BCUT2D eigenvalue weighted by Gasteiger charge is -2.23. The van der Waals surface area contributed by atoms with E-state index in [9.17, 15) is 10.1 Å². The zero-order valence-electron chi connectivity index (χ0n) is 16.6. The molecule has 4 aromatic rings. The molecule has 0 heterocycles. The Kier molecular flexibility index (Phi) is 6.51. The highest BCUT2D eigenvalue weighted by Crippen LogP contribution is 2.37. The fraction of sp³-hybridized carbons (Fsp3) is 0.111. The van der Waals surface area contributed by atoms with Gasteiger partial charge in [0.25, 0.3) is 0 Å². The quantitative estimate of drug-likeness (QED) is 0.259. The average Bonchev–Trinajstić information content (AvgIpc) is 2.80. The van der Waals surface area contributed by atoms with Gasteiger partial charge in [0.1, 0.15) is 0 Å². The third kappa shape index (κ3) is 4.88. The molecule has 0 saturated heterocycles. The van der Waals surface area contributed by atoms with Crippen LogP contribution in [-0.2, 0) is 0 Å². The van der Waals surface area contributed by atoms with Crippen LogP contribution in [0.25, 0.3) is 10.8 Å². The molecule has 0 bridgehead atoms. The van der Waals surface area contributed by atoms with Crippen LogP contribution in [0.15, 0.2) is 95.5 Å². The van der Waals surface area contributed by atoms with Crippen LogP contribution < -0.4 is 0 Å². The van der Waals surface area contributed by atoms with E-state index in [4.69, 9.17) is 11.6 Å². The van der Waals surface area contributed by atoms with Crippen molar-refractivity contribution >= 4 is 44.1 Å². The molecule has 0 radical (unpaired) electrons. The van der Waals surface area contributed by atoms with E-state index in [0.717, 1.165) is 26.4 Å². The number of ketones is 1. The molecule has 4 heteroatoms. The molecule has 4 aromatic carbocycles. The number of benzene rings is 4. The maximum absolute atomic E-state index is 13.3. The van der Waals surface area contributed by atoms with Gasteiger partial charge >= 0.3 is 0 Å². The third-order valence-electron chi connectivity index (χ3n) is 5.55. The average molecular weight is 489 g/mol. The van der Waals surface area contributed by atoms with Gasteiger partial charge in [0.2, 0.25) is 0 Å². The van der Waals surface area contributed by atoms with Crippen molar-refractivity contribution in [3.05, 3.63) is 117 Å². The zero-order valence-corrected chi connectivity index (χ0v) is 19.0. The fourth-order valence-electron chi connectivity index (χ4n) is 3.89. The number of halogens is 2. The van der Waals surface area contributed by atoms with E-state index in [1.165, 1.54) is 0 Å². The molecule has 0 aliphatic heterocycles. The summed E-state index contributed by atoms with van der Waals surface area (Å²) in [7, 11) is 0. The number of fused-ring (bicyclic) bond motifs is 1. The molecule has 0 saturated carbocycles. The number of carbonyl (C=O) groups is 1. The first-order valence-corrected chi connectivity index (χ1v) is 11.1. The summed E-state index contributed by atoms with van der Waals surface area (Å²) in [6.07, 6.45) is 0.237. The van der Waals surface area contributed by atoms with Gasteiger partial charge in [-0.2, -0.15) is 5.26 Å². The number of nitriles is 1. The molecule has 31 heavy (non-hydrogen) atoms. The molecule has 0 spiro atoms. The van der Waals surface area contributed by atoms with Crippen molar-refractivity contribution in [1.82, 2.24) is 0 Å². The second-order valence-corrected chi connectivity index (χ2v) is 8.86. The van der Waals surface area contributed by atoms with E-state index in [1.54, 1.807) is 12.1 Å². The second-order valence-electron chi connectivity index (χ2n) is 7.51. The van der Waals surface area contributed by atoms with Crippen molar-refractivity contribution in [3.63, 3.8) is 0 Å². The van der Waals surface area contributed by atoms with Gasteiger partial charge in [-0.05, 0) is 52.2 Å². The molecular weight excluding hydrogens is 470 g/mol. The minimum atomic E-state index is -0.470. The normalized spacial score (nSPS) is 12.8. The van der Waals surface area contributed by atoms with Crippen LogP contribution in [0.3, 0.4) is 0 Å². The SMILES string of the molecule is N#CC(c1ccc(Cl)cc1)C(CC(=O)c1ccc2ccccc2c1)c1ccc(Br)cc1. The third-order valence-corrected chi connectivity index (χ3v) is 6.33. The maximum Gasteiger partial charge on any atom is 0.163 e. The molecule has 2 atom stereocenters. The summed E-state index contributed by atoms with van der Waals surface area (Å²) in [6.45, 7) is 0. The first-order valence-electron chi connectivity index (χ1n) is 9.97. The summed E-state index contributed by atoms with van der Waals surface area (Å²) in [5.74, 6) is -0.728. The van der Waals surface area contributed by atoms with Crippen LogP contribution in [0, 0.1) is 11.3 Å². The van der Waals surface area contributed by atoms with E-state index in [-0.39, 0.29) is 18.1 Å². The van der Waals surface area contributed by atoms with Crippen LogP contribution in [-0.4, -0.2) is 5.78 Å². The van der Waals surface area contributed by atoms with Gasteiger partial charge in [-0.15, -0.1) is 0 Å². The molecule has 152 valence electrons. The Hall–Kier alpha value is -2.93. The molecule has 2 nitrogen and oxygen atoms in total. The molecule has 0 fully saturated rings. The van der Waals surface area contributed by atoms with Crippen molar-refractivity contribution < 1.29 is 4.79 Å². The van der Waals surface area contributed by atoms with Gasteiger partial charge in [-0.25, -0.2) is 0 Å². The van der Waals surface area contributed by atoms with Gasteiger partial charge in [-0.3, -0.25) is 4.79 Å². The highest BCUT2D eigenvalue weighted by Gasteiger charge is 2.28. The first-order chi connectivity index (χ1) is 15.0. The van der Waals surface area contributed by atoms with E-state index < -0.39 is 5.92 Å². The van der Waals surface area contributed by atoms with Crippen LogP contribution in [0.4, 0.5) is 0 Å². The van der Waals surface area contributed by atoms with Gasteiger partial charge in [0, 0.05) is 27.4 Å². The Bertz CT molecular complexity index is 1260. The Balaban J connectivity index is 1.71. The predicted molar refractivity (Wildman–Crippen MR) is 130 cm³/mol. The summed E-state index contributed by atoms with van der Waals surface area (Å²) < 4.78 is 0.954. The summed E-state index contributed by atoms with van der Waals surface area (Å²) in [5.41, 5.74) is 2.47. The Morgan fingerprint density at radius 3 is 2.19 bits per heavy atom. The smallest absolute Gasteiger partial charge is 0.163 e. The minimum absolute atomic E-state index is 0.0212. The van der Waals surface area contributed by atoms with Crippen molar-refractivity contribution in [2.45, 2.75) is 18.3 Å². The molecule has 4 rings (SSSR count). The van der Waals surface area contributed by atoms with Gasteiger partial charge in [0.15, 0.2) is 5.78 Å². The monoisotopic (exact) mass is 487 g/mol. The van der Waals surface area contributed by atoms with Crippen LogP contribution >= 0.6 is 27.5 Å². The predicted octanol–water partition coefficient (Wildman–Crippen LogP) is 7.92. The lowest BCUT2D eigenvalue weighted by atomic mass is 9.78. The second kappa shape index (κ2) is 9.47. The highest BCUT2D eigenvalue weighted by molar-refractivity contribution is 9.10. The van der Waals surface area contributed by atoms with E-state index in [0.29, 0.717) is 10.6 Å². The van der Waals surface area contributed by atoms with Crippen LogP contribution in [0.2, 0.25) is 5.02 Å². The largest absolute Gasteiger partial charge is 0.294 e. The van der Waals surface area contributed by atoms with Crippen molar-refractivity contribution in [2.75, 3.05) is 0 Å². The maximum atomic E-state index is 13.3. The number of hydrogen-bond acceptors (Lipinski definition) is 2. The lowest BCUT2D eigenvalue weighted by Crippen LogP contribution is -2.15.